The molecule has 208 valence electrons. The molecule has 4 rings (SSSR count). The quantitative estimate of drug-likeness (QED) is 0.339. The number of aryl methyl sites for hydroxylation is 1. The Morgan fingerprint density at radius 3 is 2.53 bits per heavy atom. The van der Waals surface area contributed by atoms with Gasteiger partial charge in [0.2, 0.25) is 0 Å². The summed E-state index contributed by atoms with van der Waals surface area (Å²) in [7, 11) is 4.09. The molecule has 0 spiro atoms. The van der Waals surface area contributed by atoms with Gasteiger partial charge in [0, 0.05) is 43.1 Å². The van der Waals surface area contributed by atoms with Gasteiger partial charge in [0.25, 0.3) is 0 Å². The van der Waals surface area contributed by atoms with Gasteiger partial charge in [-0.15, -0.1) is 0 Å². The van der Waals surface area contributed by atoms with Crippen LogP contribution in [0.4, 0.5) is 17.2 Å². The van der Waals surface area contributed by atoms with Gasteiger partial charge in [-0.3, -0.25) is 4.99 Å². The van der Waals surface area contributed by atoms with E-state index < -0.39 is 0 Å². The van der Waals surface area contributed by atoms with Crippen LogP contribution in [0.15, 0.2) is 29.4 Å². The van der Waals surface area contributed by atoms with Crippen molar-refractivity contribution in [2.75, 3.05) is 50.6 Å². The molecule has 1 aliphatic carbocycles. The molecule has 1 saturated heterocycles. The molecule has 0 amide bonds. The Balaban J connectivity index is 1.37. The Morgan fingerprint density at radius 2 is 1.87 bits per heavy atom. The predicted molar refractivity (Wildman–Crippen MR) is 159 cm³/mol. The molecule has 1 saturated carbocycles. The van der Waals surface area contributed by atoms with E-state index in [1.54, 1.807) is 0 Å². The molecular formula is C31H47N5O2. The highest BCUT2D eigenvalue weighted by Gasteiger charge is 2.26. The zero-order chi connectivity index (χ0) is 26.9. The maximum absolute atomic E-state index is 6.79. The van der Waals surface area contributed by atoms with Gasteiger partial charge < -0.3 is 24.6 Å². The number of pyridine rings is 1. The zero-order valence-corrected chi connectivity index (χ0v) is 24.1. The van der Waals surface area contributed by atoms with Gasteiger partial charge in [0.1, 0.15) is 23.9 Å². The summed E-state index contributed by atoms with van der Waals surface area (Å²) in [6.45, 7) is 10.3. The van der Waals surface area contributed by atoms with Crippen molar-refractivity contribution in [2.24, 2.45) is 4.99 Å². The Morgan fingerprint density at radius 1 is 1.11 bits per heavy atom. The van der Waals surface area contributed by atoms with E-state index in [4.69, 9.17) is 14.5 Å². The SMILES string of the molecule is CC/C=N\c1c(C)cc(N2CCCCC2)c(C)c1O[C@H]1CC[C@@H](Nc2ccc(OCCN(C)C)cn2)CC1. The number of piperidine rings is 1. The van der Waals surface area contributed by atoms with Gasteiger partial charge >= 0.3 is 0 Å². The molecule has 2 fully saturated rings. The van der Waals surface area contributed by atoms with Crippen LogP contribution in [-0.4, -0.2) is 68.6 Å². The Hall–Kier alpha value is -2.80. The molecule has 1 N–H and O–H groups in total. The van der Waals surface area contributed by atoms with Gasteiger partial charge in [-0.2, -0.15) is 0 Å². The third kappa shape index (κ3) is 7.62. The third-order valence-corrected chi connectivity index (χ3v) is 7.62. The molecule has 2 heterocycles. The molecule has 1 aliphatic heterocycles. The first-order valence-corrected chi connectivity index (χ1v) is 14.5. The van der Waals surface area contributed by atoms with Crippen LogP contribution in [0.5, 0.6) is 11.5 Å². The molecule has 2 aliphatic rings. The van der Waals surface area contributed by atoms with E-state index in [1.165, 1.54) is 36.1 Å². The molecule has 2 aromatic rings. The van der Waals surface area contributed by atoms with Crippen molar-refractivity contribution in [1.29, 1.82) is 0 Å². The van der Waals surface area contributed by atoms with Crippen molar-refractivity contribution in [1.82, 2.24) is 9.88 Å². The number of aromatic nitrogens is 1. The monoisotopic (exact) mass is 521 g/mol. The Labute approximate surface area is 229 Å². The van der Waals surface area contributed by atoms with Crippen molar-refractivity contribution < 1.29 is 9.47 Å². The summed E-state index contributed by atoms with van der Waals surface area (Å²) < 4.78 is 12.6. The summed E-state index contributed by atoms with van der Waals surface area (Å²) in [5.41, 5.74) is 4.76. The molecule has 7 nitrogen and oxygen atoms in total. The highest BCUT2D eigenvalue weighted by atomic mass is 16.5. The van der Waals surface area contributed by atoms with E-state index in [-0.39, 0.29) is 6.10 Å². The predicted octanol–water partition coefficient (Wildman–Crippen LogP) is 6.54. The number of ether oxygens (including phenoxy) is 2. The second kappa shape index (κ2) is 13.8. The molecule has 1 aromatic carbocycles. The van der Waals surface area contributed by atoms with Crippen LogP contribution in [0, 0.1) is 13.8 Å². The summed E-state index contributed by atoms with van der Waals surface area (Å²) in [4.78, 5) is 14.1. The van der Waals surface area contributed by atoms with E-state index in [2.05, 4.69) is 46.9 Å². The van der Waals surface area contributed by atoms with E-state index in [0.717, 1.165) is 74.7 Å². The first kappa shape index (κ1) is 28.2. The van der Waals surface area contributed by atoms with Crippen LogP contribution in [0.1, 0.15) is 69.4 Å². The van der Waals surface area contributed by atoms with Gasteiger partial charge in [0.05, 0.1) is 12.3 Å². The zero-order valence-electron chi connectivity index (χ0n) is 24.1. The van der Waals surface area contributed by atoms with Gasteiger partial charge in [0.15, 0.2) is 5.75 Å². The fourth-order valence-electron chi connectivity index (χ4n) is 5.40. The molecule has 0 unspecified atom stereocenters. The smallest absolute Gasteiger partial charge is 0.150 e. The van der Waals surface area contributed by atoms with Gasteiger partial charge in [-0.25, -0.2) is 4.98 Å². The van der Waals surface area contributed by atoms with Gasteiger partial charge in [-0.05, 0) is 103 Å². The number of hydrogen-bond donors (Lipinski definition) is 1. The second-order valence-electron chi connectivity index (χ2n) is 11.0. The number of anilines is 2. The maximum Gasteiger partial charge on any atom is 0.150 e. The lowest BCUT2D eigenvalue weighted by Crippen LogP contribution is -2.32. The van der Waals surface area contributed by atoms with Crippen molar-refractivity contribution in [3.05, 3.63) is 35.5 Å². The first-order chi connectivity index (χ1) is 18.4. The average Bonchev–Trinajstić information content (AvgIpc) is 2.92. The number of aliphatic imine (C=N–C) groups is 1. The minimum atomic E-state index is 0.207. The van der Waals surface area contributed by atoms with Crippen molar-refractivity contribution >= 4 is 23.4 Å². The number of rotatable bonds is 11. The average molecular weight is 522 g/mol. The lowest BCUT2D eigenvalue weighted by atomic mass is 9.92. The standard InChI is InChI=1S/C31H47N5O2/c1-6-16-32-30-23(2)21-28(36-17-8-7-9-18-36)24(3)31(30)38-26-12-10-25(11-13-26)34-29-15-14-27(22-33-29)37-20-19-35(4)5/h14-16,21-22,25-26H,6-13,17-20H2,1-5H3,(H,33,34)/b32-16-/t25-,26+. The Kier molecular flexibility index (Phi) is 10.3. The normalized spacial score (nSPS) is 20.2. The minimum Gasteiger partial charge on any atom is -0.491 e. The lowest BCUT2D eigenvalue weighted by molar-refractivity contribution is 0.150. The summed E-state index contributed by atoms with van der Waals surface area (Å²) in [6.07, 6.45) is 13.0. The van der Waals surface area contributed by atoms with Crippen molar-refractivity contribution in [2.45, 2.75) is 84.3 Å². The molecule has 7 heteroatoms. The number of nitrogens with one attached hydrogen (secondary N) is 1. The van der Waals surface area contributed by atoms with E-state index in [1.807, 2.05) is 38.6 Å². The number of benzene rings is 1. The van der Waals surface area contributed by atoms with Crippen LogP contribution in [0.25, 0.3) is 0 Å². The molecule has 0 radical (unpaired) electrons. The van der Waals surface area contributed by atoms with Crippen molar-refractivity contribution in [3.8, 4) is 11.5 Å². The first-order valence-electron chi connectivity index (χ1n) is 14.5. The van der Waals surface area contributed by atoms with Crippen LogP contribution in [-0.2, 0) is 0 Å². The summed E-state index contributed by atoms with van der Waals surface area (Å²) in [5.74, 6) is 2.71. The fourth-order valence-corrected chi connectivity index (χ4v) is 5.40. The Bertz CT molecular complexity index is 1040. The largest absolute Gasteiger partial charge is 0.491 e. The van der Waals surface area contributed by atoms with E-state index in [0.29, 0.717) is 12.6 Å². The molecule has 0 bridgehead atoms. The lowest BCUT2D eigenvalue weighted by Gasteiger charge is -2.34. The summed E-state index contributed by atoms with van der Waals surface area (Å²) in [5, 5.41) is 3.62. The van der Waals surface area contributed by atoms with Gasteiger partial charge in [-0.1, -0.05) is 6.92 Å². The van der Waals surface area contributed by atoms with E-state index >= 15 is 0 Å². The molecule has 38 heavy (non-hydrogen) atoms. The number of nitrogens with zero attached hydrogens (tertiary/aromatic N) is 4. The van der Waals surface area contributed by atoms with Crippen LogP contribution >= 0.6 is 0 Å². The number of hydrogen-bond acceptors (Lipinski definition) is 7. The second-order valence-corrected chi connectivity index (χ2v) is 11.0. The molecular weight excluding hydrogens is 474 g/mol. The highest BCUT2D eigenvalue weighted by molar-refractivity contribution is 5.75. The van der Waals surface area contributed by atoms with Crippen LogP contribution in [0.2, 0.25) is 0 Å². The summed E-state index contributed by atoms with van der Waals surface area (Å²) in [6, 6.07) is 6.74. The fraction of sp³-hybridized carbons (Fsp3) is 0.613. The maximum atomic E-state index is 6.79. The third-order valence-electron chi connectivity index (χ3n) is 7.62. The summed E-state index contributed by atoms with van der Waals surface area (Å²) >= 11 is 0. The van der Waals surface area contributed by atoms with Crippen molar-refractivity contribution in [3.63, 3.8) is 0 Å². The van der Waals surface area contributed by atoms with E-state index in [9.17, 15) is 0 Å². The molecule has 0 atom stereocenters. The highest BCUT2D eigenvalue weighted by Crippen LogP contribution is 2.43. The number of likely N-dealkylation sites (N-methyl/N-ethyl adjacent to an activating group) is 1. The topological polar surface area (TPSA) is 62.2 Å². The van der Waals surface area contributed by atoms with Crippen LogP contribution < -0.4 is 19.7 Å². The minimum absolute atomic E-state index is 0.207. The van der Waals surface area contributed by atoms with Crippen LogP contribution in [0.3, 0.4) is 0 Å². The molecule has 1 aromatic heterocycles.